The van der Waals surface area contributed by atoms with Gasteiger partial charge in [0.2, 0.25) is 0 Å². The molecule has 5 heteroatoms. The molecule has 4 nitrogen and oxygen atoms in total. The Morgan fingerprint density at radius 1 is 1.20 bits per heavy atom. The monoisotopic (exact) mass is 289 g/mol. The summed E-state index contributed by atoms with van der Waals surface area (Å²) in [5, 5.41) is 10.8. The molecule has 0 spiro atoms. The van der Waals surface area contributed by atoms with Gasteiger partial charge in [-0.2, -0.15) is 0 Å². The van der Waals surface area contributed by atoms with E-state index in [9.17, 15) is 10.1 Å². The van der Waals surface area contributed by atoms with Crippen molar-refractivity contribution in [2.24, 2.45) is 0 Å². The quantitative estimate of drug-likeness (QED) is 0.607. The van der Waals surface area contributed by atoms with Gasteiger partial charge in [0.05, 0.1) is 23.0 Å². The summed E-state index contributed by atoms with van der Waals surface area (Å²) in [5.74, 6) is 0.517. The number of aryl methyl sites for hydroxylation is 1. The van der Waals surface area contributed by atoms with E-state index in [1.54, 1.807) is 6.07 Å². The van der Waals surface area contributed by atoms with Crippen LogP contribution in [0.25, 0.3) is 0 Å². The van der Waals surface area contributed by atoms with Crippen molar-refractivity contribution in [1.29, 1.82) is 0 Å². The summed E-state index contributed by atoms with van der Waals surface area (Å²) in [5.41, 5.74) is 1.32. The third kappa shape index (κ3) is 3.30. The fourth-order valence-corrected chi connectivity index (χ4v) is 2.68. The highest BCUT2D eigenvalue weighted by Crippen LogP contribution is 2.37. The molecule has 0 fully saturated rings. The van der Waals surface area contributed by atoms with Crippen molar-refractivity contribution in [2.45, 2.75) is 23.1 Å². The van der Waals surface area contributed by atoms with Crippen LogP contribution < -0.4 is 4.74 Å². The van der Waals surface area contributed by atoms with E-state index < -0.39 is 4.92 Å². The second kappa shape index (κ2) is 6.43. The van der Waals surface area contributed by atoms with E-state index in [4.69, 9.17) is 4.74 Å². The van der Waals surface area contributed by atoms with Gasteiger partial charge in [-0.05, 0) is 30.2 Å². The van der Waals surface area contributed by atoms with E-state index in [0.29, 0.717) is 5.75 Å². The summed E-state index contributed by atoms with van der Waals surface area (Å²) in [6.07, 6.45) is 1.01. The van der Waals surface area contributed by atoms with Gasteiger partial charge in [0.1, 0.15) is 5.75 Å². The smallest absolute Gasteiger partial charge is 0.273 e. The van der Waals surface area contributed by atoms with Crippen LogP contribution in [0.3, 0.4) is 0 Å². The van der Waals surface area contributed by atoms with Crippen molar-refractivity contribution < 1.29 is 9.66 Å². The van der Waals surface area contributed by atoms with Crippen LogP contribution in [0.15, 0.2) is 52.3 Å². The maximum atomic E-state index is 10.8. The molecule has 0 aromatic heterocycles. The number of nitrogens with zero attached hydrogens (tertiary/aromatic N) is 1. The molecule has 0 aliphatic heterocycles. The Balaban J connectivity index is 2.25. The number of methoxy groups -OCH3 is 1. The molecule has 0 aliphatic rings. The van der Waals surface area contributed by atoms with Gasteiger partial charge in [0.25, 0.3) is 5.69 Å². The Bertz CT molecular complexity index is 611. The minimum Gasteiger partial charge on any atom is -0.495 e. The molecule has 104 valence electrons. The standard InChI is InChI=1S/C15H15NO3S/c1-3-11-4-7-13(8-5-11)20-15-9-6-12(16(17)18)10-14(15)19-2/h4-10H,3H2,1-2H3. The van der Waals surface area contributed by atoms with Gasteiger partial charge in [-0.1, -0.05) is 30.8 Å². The molecule has 2 aromatic rings. The number of hydrogen-bond acceptors (Lipinski definition) is 4. The molecule has 0 heterocycles. The lowest BCUT2D eigenvalue weighted by atomic mass is 10.2. The van der Waals surface area contributed by atoms with Crippen LogP contribution in [0.5, 0.6) is 5.75 Å². The molecule has 0 atom stereocenters. The topological polar surface area (TPSA) is 52.4 Å². The fraction of sp³-hybridized carbons (Fsp3) is 0.200. The largest absolute Gasteiger partial charge is 0.495 e. The molecule has 2 rings (SSSR count). The van der Waals surface area contributed by atoms with Crippen molar-refractivity contribution in [3.63, 3.8) is 0 Å². The first-order chi connectivity index (χ1) is 9.63. The minimum absolute atomic E-state index is 0.0348. The molecule has 0 bridgehead atoms. The van der Waals surface area contributed by atoms with Crippen LogP contribution in [-0.4, -0.2) is 12.0 Å². The van der Waals surface area contributed by atoms with Crippen molar-refractivity contribution in [2.75, 3.05) is 7.11 Å². The summed E-state index contributed by atoms with van der Waals surface area (Å²) < 4.78 is 5.23. The van der Waals surface area contributed by atoms with Crippen LogP contribution in [-0.2, 0) is 6.42 Å². The lowest BCUT2D eigenvalue weighted by Crippen LogP contribution is -1.91. The SMILES string of the molecule is CCc1ccc(Sc2ccc([N+](=O)[O-])cc2OC)cc1. The maximum Gasteiger partial charge on any atom is 0.273 e. The number of ether oxygens (including phenoxy) is 1. The molecule has 0 saturated carbocycles. The third-order valence-corrected chi connectivity index (χ3v) is 3.98. The number of benzene rings is 2. The van der Waals surface area contributed by atoms with Crippen molar-refractivity contribution in [3.05, 3.63) is 58.1 Å². The van der Waals surface area contributed by atoms with Crippen LogP contribution in [0.2, 0.25) is 0 Å². The van der Waals surface area contributed by atoms with E-state index in [0.717, 1.165) is 16.2 Å². The van der Waals surface area contributed by atoms with Gasteiger partial charge < -0.3 is 4.74 Å². The summed E-state index contributed by atoms with van der Waals surface area (Å²) in [6, 6.07) is 12.9. The van der Waals surface area contributed by atoms with E-state index in [2.05, 4.69) is 19.1 Å². The summed E-state index contributed by atoms with van der Waals surface area (Å²) >= 11 is 1.53. The molecule has 0 N–H and O–H groups in total. The molecule has 2 aromatic carbocycles. The summed E-state index contributed by atoms with van der Waals surface area (Å²) in [7, 11) is 1.52. The van der Waals surface area contributed by atoms with Crippen molar-refractivity contribution >= 4 is 17.4 Å². The average Bonchev–Trinajstić information content (AvgIpc) is 2.48. The normalized spacial score (nSPS) is 10.3. The second-order valence-corrected chi connectivity index (χ2v) is 5.31. The van der Waals surface area contributed by atoms with Crippen molar-refractivity contribution in [1.82, 2.24) is 0 Å². The van der Waals surface area contributed by atoms with Gasteiger partial charge in [-0.15, -0.1) is 0 Å². The Hall–Kier alpha value is -2.01. The van der Waals surface area contributed by atoms with Gasteiger partial charge in [0, 0.05) is 11.0 Å². The van der Waals surface area contributed by atoms with E-state index >= 15 is 0 Å². The highest BCUT2D eigenvalue weighted by Gasteiger charge is 2.12. The zero-order valence-corrected chi connectivity index (χ0v) is 12.1. The minimum atomic E-state index is -0.424. The van der Waals surface area contributed by atoms with Gasteiger partial charge in [-0.25, -0.2) is 0 Å². The molecule has 0 radical (unpaired) electrons. The number of rotatable bonds is 5. The van der Waals surface area contributed by atoms with E-state index in [1.807, 2.05) is 12.1 Å². The van der Waals surface area contributed by atoms with Gasteiger partial charge in [0.15, 0.2) is 0 Å². The molecular formula is C15H15NO3S. The number of nitro groups is 1. The lowest BCUT2D eigenvalue weighted by molar-refractivity contribution is -0.385. The highest BCUT2D eigenvalue weighted by atomic mass is 32.2. The first kappa shape index (κ1) is 14.4. The predicted molar refractivity (Wildman–Crippen MR) is 79.6 cm³/mol. The van der Waals surface area contributed by atoms with Crippen LogP contribution in [0, 0.1) is 10.1 Å². The van der Waals surface area contributed by atoms with Gasteiger partial charge >= 0.3 is 0 Å². The lowest BCUT2D eigenvalue weighted by Gasteiger charge is -2.08. The third-order valence-electron chi connectivity index (χ3n) is 2.92. The highest BCUT2D eigenvalue weighted by molar-refractivity contribution is 7.99. The molecule has 0 saturated heterocycles. The number of hydrogen-bond donors (Lipinski definition) is 0. The molecule has 0 aliphatic carbocycles. The van der Waals surface area contributed by atoms with Crippen LogP contribution in [0.1, 0.15) is 12.5 Å². The Morgan fingerprint density at radius 3 is 2.45 bits per heavy atom. The molecule has 0 amide bonds. The predicted octanol–water partition coefficient (Wildman–Crippen LogP) is 4.32. The Kier molecular flexibility index (Phi) is 4.63. The van der Waals surface area contributed by atoms with Gasteiger partial charge in [-0.3, -0.25) is 10.1 Å². The Labute approximate surface area is 121 Å². The maximum absolute atomic E-state index is 10.8. The van der Waals surface area contributed by atoms with E-state index in [-0.39, 0.29) is 5.69 Å². The average molecular weight is 289 g/mol. The second-order valence-electron chi connectivity index (χ2n) is 4.19. The zero-order chi connectivity index (χ0) is 14.5. The molecular weight excluding hydrogens is 274 g/mol. The summed E-state index contributed by atoms with van der Waals surface area (Å²) in [4.78, 5) is 12.3. The van der Waals surface area contributed by atoms with Crippen LogP contribution in [0.4, 0.5) is 5.69 Å². The van der Waals surface area contributed by atoms with Crippen molar-refractivity contribution in [3.8, 4) is 5.75 Å². The van der Waals surface area contributed by atoms with Crippen LogP contribution >= 0.6 is 11.8 Å². The zero-order valence-electron chi connectivity index (χ0n) is 11.3. The van der Waals surface area contributed by atoms with E-state index in [1.165, 1.54) is 36.6 Å². The fourth-order valence-electron chi connectivity index (χ4n) is 1.77. The Morgan fingerprint density at radius 2 is 1.90 bits per heavy atom. The number of non-ortho nitro benzene ring substituents is 1. The first-order valence-electron chi connectivity index (χ1n) is 6.23. The number of nitro benzene ring substituents is 1. The molecule has 0 unspecified atom stereocenters. The molecule has 20 heavy (non-hydrogen) atoms. The summed E-state index contributed by atoms with van der Waals surface area (Å²) in [6.45, 7) is 2.11. The first-order valence-corrected chi connectivity index (χ1v) is 7.05.